The van der Waals surface area contributed by atoms with E-state index in [0.29, 0.717) is 63.2 Å². The predicted octanol–water partition coefficient (Wildman–Crippen LogP) is 5.46. The molecule has 0 aromatic heterocycles. The molecule has 3 aliphatic rings. The number of alkyl halides is 3. The summed E-state index contributed by atoms with van der Waals surface area (Å²) in [5.41, 5.74) is 0.396. The van der Waals surface area contributed by atoms with E-state index in [2.05, 4.69) is 15.1 Å². The minimum atomic E-state index is -4.79. The number of imide groups is 1. The fourth-order valence-electron chi connectivity index (χ4n) is 7.65. The molecule has 0 saturated carbocycles. The number of nitrogens with zero attached hydrogens (tertiary/aromatic N) is 5. The van der Waals surface area contributed by atoms with Gasteiger partial charge in [-0.2, -0.15) is 18.4 Å². The summed E-state index contributed by atoms with van der Waals surface area (Å²) < 4.78 is 47.5. The van der Waals surface area contributed by atoms with E-state index in [-0.39, 0.29) is 34.3 Å². The molecule has 300 valence electrons. The monoisotopic (exact) mass is 802 g/mol. The van der Waals surface area contributed by atoms with Gasteiger partial charge in [0, 0.05) is 57.2 Å². The second kappa shape index (κ2) is 17.1. The quantitative estimate of drug-likeness (QED) is 0.176. The van der Waals surface area contributed by atoms with E-state index >= 15 is 0 Å². The van der Waals surface area contributed by atoms with Gasteiger partial charge in [-0.25, -0.2) is 0 Å². The smallest absolute Gasteiger partial charge is 0.417 e. The number of anilines is 2. The molecule has 3 aliphatic heterocycles. The lowest BCUT2D eigenvalue weighted by Crippen LogP contribution is -2.48. The first-order chi connectivity index (χ1) is 27.1. The van der Waals surface area contributed by atoms with Gasteiger partial charge in [0.1, 0.15) is 17.9 Å². The van der Waals surface area contributed by atoms with E-state index in [9.17, 15) is 37.6 Å². The molecule has 6 rings (SSSR count). The number of rotatable bonds is 13. The Labute approximate surface area is 335 Å². The van der Waals surface area contributed by atoms with Crippen LogP contribution in [0.4, 0.5) is 24.5 Å². The lowest BCUT2D eigenvalue weighted by Gasteiger charge is -2.34. The fraction of sp³-hybridized carbons (Fsp3) is 0.429. The highest BCUT2D eigenvalue weighted by molar-refractivity contribution is 7.81. The van der Waals surface area contributed by atoms with Crippen molar-refractivity contribution in [3.63, 3.8) is 0 Å². The number of hydrogen-bond acceptors (Lipinski definition) is 9. The molecule has 3 fully saturated rings. The zero-order valence-electron chi connectivity index (χ0n) is 32.2. The van der Waals surface area contributed by atoms with Crippen molar-refractivity contribution in [2.24, 2.45) is 5.92 Å². The molecule has 1 atom stereocenters. The zero-order chi connectivity index (χ0) is 41.1. The molecule has 3 saturated heterocycles. The normalized spacial score (nSPS) is 19.1. The molecule has 15 heteroatoms. The Bertz CT molecular complexity index is 2110. The first kappa shape index (κ1) is 41.5. The maximum atomic E-state index is 13.8. The number of nitriles is 1. The van der Waals surface area contributed by atoms with Crippen LogP contribution in [0.25, 0.3) is 0 Å². The van der Waals surface area contributed by atoms with Crippen LogP contribution in [-0.2, 0) is 44.6 Å². The summed E-state index contributed by atoms with van der Waals surface area (Å²) in [6, 6.07) is 17.9. The molecule has 0 radical (unpaired) electrons. The van der Waals surface area contributed by atoms with Gasteiger partial charge in [-0.3, -0.25) is 39.2 Å². The van der Waals surface area contributed by atoms with Gasteiger partial charge < -0.3 is 9.64 Å². The minimum Gasteiger partial charge on any atom is -0.492 e. The van der Waals surface area contributed by atoms with E-state index in [0.717, 1.165) is 59.9 Å². The third-order valence-corrected chi connectivity index (χ3v) is 11.2. The Kier molecular flexibility index (Phi) is 12.5. The van der Waals surface area contributed by atoms with Gasteiger partial charge >= 0.3 is 6.18 Å². The van der Waals surface area contributed by atoms with Crippen molar-refractivity contribution in [3.05, 3.63) is 88.5 Å². The molecule has 3 aromatic carbocycles. The zero-order valence-corrected chi connectivity index (χ0v) is 33.0. The molecule has 3 aromatic rings. The number of ketones is 1. The fourth-order valence-corrected chi connectivity index (χ4v) is 8.18. The molecule has 0 spiro atoms. The lowest BCUT2D eigenvalue weighted by atomic mass is 9.90. The topological polar surface area (TPSA) is 126 Å². The highest BCUT2D eigenvalue weighted by atomic mass is 32.1. The molecule has 57 heavy (non-hydrogen) atoms. The van der Waals surface area contributed by atoms with Crippen LogP contribution in [0.5, 0.6) is 5.75 Å². The molecule has 1 N–H and O–H groups in total. The van der Waals surface area contributed by atoms with Crippen molar-refractivity contribution in [1.82, 2.24) is 15.1 Å². The molecular weight excluding hydrogens is 758 g/mol. The van der Waals surface area contributed by atoms with Gasteiger partial charge in [0.2, 0.25) is 11.8 Å². The summed E-state index contributed by atoms with van der Waals surface area (Å²) in [7, 11) is 0. The Balaban J connectivity index is 0.994. The molecule has 11 nitrogen and oxygen atoms in total. The number of carbonyl (C=O) groups excluding carboxylic acids is 4. The average molecular weight is 803 g/mol. The lowest BCUT2D eigenvalue weighted by molar-refractivity contribution is -0.138. The maximum Gasteiger partial charge on any atom is 0.417 e. The summed E-state index contributed by atoms with van der Waals surface area (Å²) in [6.45, 7) is 9.84. The number of ether oxygens (including phenoxy) is 1. The number of nitrogens with one attached hydrogen (secondary N) is 1. The number of piperidine rings is 1. The van der Waals surface area contributed by atoms with Crippen LogP contribution in [0.3, 0.4) is 0 Å². The van der Waals surface area contributed by atoms with Crippen molar-refractivity contribution in [2.45, 2.75) is 64.6 Å². The van der Waals surface area contributed by atoms with E-state index in [4.69, 9.17) is 17.0 Å². The van der Waals surface area contributed by atoms with Crippen molar-refractivity contribution in [1.29, 1.82) is 5.26 Å². The number of amides is 3. The third-order valence-electron chi connectivity index (χ3n) is 10.8. The molecular formula is C42H45F3N6O5S. The summed E-state index contributed by atoms with van der Waals surface area (Å²) in [4.78, 5) is 57.5. The number of thiocarbonyl (C=S) groups is 1. The van der Waals surface area contributed by atoms with Crippen LogP contribution in [0, 0.1) is 17.2 Å². The van der Waals surface area contributed by atoms with Crippen LogP contribution < -0.4 is 19.9 Å². The number of halogens is 3. The maximum absolute atomic E-state index is 13.8. The Morgan fingerprint density at radius 1 is 0.982 bits per heavy atom. The SMILES string of the molecule is CCc1cc(N2C(=S)N(c3ccc(C#N)c(C(F)(F)F)c3)C(=O)C2(C)C)ccc1OCCN1CCN(CC(=O)Cc2cccc(C[C@H]3CCC(=O)NC3=O)c2)CC1. The van der Waals surface area contributed by atoms with Crippen LogP contribution in [0.2, 0.25) is 0 Å². The van der Waals surface area contributed by atoms with Crippen molar-refractivity contribution in [3.8, 4) is 11.8 Å². The molecule has 3 amide bonds. The van der Waals surface area contributed by atoms with Gasteiger partial charge in [-0.15, -0.1) is 0 Å². The Morgan fingerprint density at radius 2 is 1.68 bits per heavy atom. The number of hydrogen-bond donors (Lipinski definition) is 1. The van der Waals surface area contributed by atoms with Gasteiger partial charge in [-0.05, 0) is 98.4 Å². The Morgan fingerprint density at radius 3 is 2.37 bits per heavy atom. The summed E-state index contributed by atoms with van der Waals surface area (Å²) in [5.74, 6) is -0.405. The van der Waals surface area contributed by atoms with Crippen LogP contribution in [0.1, 0.15) is 61.4 Å². The molecule has 0 aliphatic carbocycles. The van der Waals surface area contributed by atoms with Crippen molar-refractivity contribution >= 4 is 52.2 Å². The van der Waals surface area contributed by atoms with E-state index < -0.39 is 28.7 Å². The van der Waals surface area contributed by atoms with Crippen molar-refractivity contribution < 1.29 is 37.1 Å². The van der Waals surface area contributed by atoms with E-state index in [1.54, 1.807) is 30.9 Å². The van der Waals surface area contributed by atoms with Gasteiger partial charge in [0.15, 0.2) is 10.9 Å². The van der Waals surface area contributed by atoms with Crippen LogP contribution in [0.15, 0.2) is 60.7 Å². The summed E-state index contributed by atoms with van der Waals surface area (Å²) >= 11 is 5.71. The second-order valence-electron chi connectivity index (χ2n) is 15.2. The van der Waals surface area contributed by atoms with Gasteiger partial charge in [0.25, 0.3) is 5.91 Å². The van der Waals surface area contributed by atoms with Gasteiger partial charge in [0.05, 0.1) is 29.4 Å². The summed E-state index contributed by atoms with van der Waals surface area (Å²) in [5, 5.41) is 11.7. The van der Waals surface area contributed by atoms with Crippen molar-refractivity contribution in [2.75, 3.05) is 55.7 Å². The van der Waals surface area contributed by atoms with Crippen LogP contribution >= 0.6 is 12.2 Å². The first-order valence-electron chi connectivity index (χ1n) is 19.0. The largest absolute Gasteiger partial charge is 0.492 e. The molecule has 0 unspecified atom stereocenters. The van der Waals surface area contributed by atoms with Gasteiger partial charge in [-0.1, -0.05) is 31.2 Å². The second-order valence-corrected chi connectivity index (χ2v) is 15.5. The molecule has 3 heterocycles. The summed E-state index contributed by atoms with van der Waals surface area (Å²) in [6.07, 6.45) is -2.46. The number of piperazine rings is 1. The standard InChI is InChI=1S/C42H45F3N6O5S/c1-4-29-23-33(51-40(57)50(39(55)41(51,2)3)32-10-8-31(25-46)35(24-32)42(43,44)45)11-12-36(29)56-19-18-48-14-16-49(17-15-48)26-34(52)22-28-7-5-6-27(20-28)21-30-9-13-37(53)47-38(30)54/h5-8,10-12,20,23-24,30H,4,9,13-19,21-22,26H2,1-3H3,(H,47,53,54)/t30-/m1/s1. The number of carbonyl (C=O) groups is 4. The Hall–Kier alpha value is -5.17. The predicted molar refractivity (Wildman–Crippen MR) is 212 cm³/mol. The minimum absolute atomic E-state index is 0.0237. The number of benzene rings is 3. The van der Waals surface area contributed by atoms with E-state index in [1.807, 2.05) is 43.3 Å². The van der Waals surface area contributed by atoms with E-state index in [1.165, 1.54) is 6.07 Å². The third kappa shape index (κ3) is 9.35. The average Bonchev–Trinajstić information content (AvgIpc) is 3.34. The highest BCUT2D eigenvalue weighted by Crippen LogP contribution is 2.40. The first-order valence-corrected chi connectivity index (χ1v) is 19.4. The number of aryl methyl sites for hydroxylation is 1. The highest BCUT2D eigenvalue weighted by Gasteiger charge is 2.51. The van der Waals surface area contributed by atoms with Crippen LogP contribution in [-0.4, -0.2) is 89.8 Å². The molecule has 0 bridgehead atoms. The number of Topliss-reactive ketones (excluding diaryl/α,β-unsaturated/α-hetero) is 1.